The van der Waals surface area contributed by atoms with Gasteiger partial charge in [0.05, 0.1) is 19.9 Å². The summed E-state index contributed by atoms with van der Waals surface area (Å²) in [5.74, 6) is -0.632. The third-order valence-electron chi connectivity index (χ3n) is 2.94. The topological polar surface area (TPSA) is 76.7 Å². The number of anilines is 2. The molecule has 6 nitrogen and oxygen atoms in total. The number of benzene rings is 2. The van der Waals surface area contributed by atoms with Gasteiger partial charge in [-0.3, -0.25) is 9.59 Å². The monoisotopic (exact) mass is 378 g/mol. The summed E-state index contributed by atoms with van der Waals surface area (Å²) in [6.45, 7) is 0. The molecular weight excluding hydrogens is 364 g/mol. The quantitative estimate of drug-likeness (QED) is 0.801. The molecule has 0 bridgehead atoms. The number of halogens is 1. The van der Waals surface area contributed by atoms with Crippen molar-refractivity contribution >= 4 is 39.1 Å². The van der Waals surface area contributed by atoms with Gasteiger partial charge in [-0.1, -0.05) is 22.0 Å². The highest BCUT2D eigenvalue weighted by Crippen LogP contribution is 2.28. The van der Waals surface area contributed by atoms with Crippen molar-refractivity contribution in [3.8, 4) is 11.5 Å². The van der Waals surface area contributed by atoms with E-state index in [4.69, 9.17) is 9.47 Å². The number of carbonyl (C=O) groups excluding carboxylic acids is 2. The van der Waals surface area contributed by atoms with E-state index in [1.807, 2.05) is 6.07 Å². The van der Waals surface area contributed by atoms with Gasteiger partial charge in [0.15, 0.2) is 0 Å². The first-order valence-electron chi connectivity index (χ1n) is 6.63. The zero-order chi connectivity index (χ0) is 16.8. The van der Waals surface area contributed by atoms with Gasteiger partial charge in [-0.15, -0.1) is 0 Å². The molecule has 0 fully saturated rings. The Hall–Kier alpha value is -2.54. The SMILES string of the molecule is COc1ccc(OC)c(NC(=O)C(=O)Nc2cccc(Br)c2)c1. The fourth-order valence-corrected chi connectivity index (χ4v) is 2.24. The first kappa shape index (κ1) is 16.8. The third-order valence-corrected chi connectivity index (χ3v) is 3.44. The molecule has 2 rings (SSSR count). The predicted molar refractivity (Wildman–Crippen MR) is 90.9 cm³/mol. The van der Waals surface area contributed by atoms with E-state index in [1.165, 1.54) is 14.2 Å². The summed E-state index contributed by atoms with van der Waals surface area (Å²) in [5, 5.41) is 5.02. The Kier molecular flexibility index (Phi) is 5.59. The Balaban J connectivity index is 2.10. The van der Waals surface area contributed by atoms with E-state index in [0.29, 0.717) is 22.9 Å². The van der Waals surface area contributed by atoms with Crippen LogP contribution in [0.25, 0.3) is 0 Å². The molecule has 2 aromatic carbocycles. The lowest BCUT2D eigenvalue weighted by Crippen LogP contribution is -2.29. The van der Waals surface area contributed by atoms with Crippen LogP contribution in [0, 0.1) is 0 Å². The van der Waals surface area contributed by atoms with E-state index in [2.05, 4.69) is 26.6 Å². The summed E-state index contributed by atoms with van der Waals surface area (Å²) in [5.41, 5.74) is 0.860. The number of hydrogen-bond acceptors (Lipinski definition) is 4. The van der Waals surface area contributed by atoms with Crippen molar-refractivity contribution in [2.45, 2.75) is 0 Å². The van der Waals surface area contributed by atoms with Crippen LogP contribution < -0.4 is 20.1 Å². The van der Waals surface area contributed by atoms with E-state index in [9.17, 15) is 9.59 Å². The summed E-state index contributed by atoms with van der Waals surface area (Å²) >= 11 is 3.30. The Morgan fingerprint density at radius 1 is 0.957 bits per heavy atom. The van der Waals surface area contributed by atoms with Gasteiger partial charge in [-0.05, 0) is 30.3 Å². The van der Waals surface area contributed by atoms with Crippen LogP contribution in [0.5, 0.6) is 11.5 Å². The van der Waals surface area contributed by atoms with Crippen LogP contribution in [-0.4, -0.2) is 26.0 Å². The normalized spacial score (nSPS) is 9.87. The molecule has 0 aliphatic carbocycles. The van der Waals surface area contributed by atoms with E-state index in [0.717, 1.165) is 4.47 Å². The first-order valence-corrected chi connectivity index (χ1v) is 7.42. The molecule has 2 aromatic rings. The van der Waals surface area contributed by atoms with Crippen LogP contribution in [0.15, 0.2) is 46.9 Å². The Labute approximate surface area is 141 Å². The summed E-state index contributed by atoms with van der Waals surface area (Å²) in [6, 6.07) is 11.8. The largest absolute Gasteiger partial charge is 0.497 e. The molecule has 0 heterocycles. The van der Waals surface area contributed by atoms with E-state index in [-0.39, 0.29) is 0 Å². The van der Waals surface area contributed by atoms with E-state index < -0.39 is 11.8 Å². The number of methoxy groups -OCH3 is 2. The molecule has 0 saturated heterocycles. The first-order chi connectivity index (χ1) is 11.0. The minimum absolute atomic E-state index is 0.348. The second-order valence-corrected chi connectivity index (χ2v) is 5.40. The van der Waals surface area contributed by atoms with Crippen LogP contribution in [-0.2, 0) is 9.59 Å². The van der Waals surface area contributed by atoms with E-state index in [1.54, 1.807) is 36.4 Å². The van der Waals surface area contributed by atoms with Crippen LogP contribution in [0.2, 0.25) is 0 Å². The van der Waals surface area contributed by atoms with Crippen LogP contribution in [0.3, 0.4) is 0 Å². The van der Waals surface area contributed by atoms with Crippen molar-refractivity contribution < 1.29 is 19.1 Å². The predicted octanol–water partition coefficient (Wildman–Crippen LogP) is 3.04. The lowest BCUT2D eigenvalue weighted by atomic mass is 10.2. The van der Waals surface area contributed by atoms with E-state index >= 15 is 0 Å². The molecule has 0 unspecified atom stereocenters. The summed E-state index contributed by atoms with van der Waals surface area (Å²) < 4.78 is 11.0. The van der Waals surface area contributed by atoms with Crippen molar-refractivity contribution in [3.05, 3.63) is 46.9 Å². The molecule has 7 heteroatoms. The molecule has 120 valence electrons. The maximum atomic E-state index is 12.0. The fourth-order valence-electron chi connectivity index (χ4n) is 1.84. The number of ether oxygens (including phenoxy) is 2. The molecule has 0 spiro atoms. The lowest BCUT2D eigenvalue weighted by molar-refractivity contribution is -0.133. The summed E-state index contributed by atoms with van der Waals surface area (Å²) in [6.07, 6.45) is 0. The molecule has 2 amide bonds. The number of carbonyl (C=O) groups is 2. The van der Waals surface area contributed by atoms with Gasteiger partial charge in [0.25, 0.3) is 0 Å². The fraction of sp³-hybridized carbons (Fsp3) is 0.125. The zero-order valence-electron chi connectivity index (χ0n) is 12.6. The van der Waals surface area contributed by atoms with Crippen LogP contribution in [0.4, 0.5) is 11.4 Å². The number of rotatable bonds is 4. The number of nitrogens with one attached hydrogen (secondary N) is 2. The van der Waals surface area contributed by atoms with Crippen LogP contribution >= 0.6 is 15.9 Å². The van der Waals surface area contributed by atoms with Gasteiger partial charge in [0.1, 0.15) is 11.5 Å². The van der Waals surface area contributed by atoms with Gasteiger partial charge >= 0.3 is 11.8 Å². The molecule has 0 aliphatic rings. The van der Waals surface area contributed by atoms with Crippen molar-refractivity contribution in [2.75, 3.05) is 24.9 Å². The second-order valence-electron chi connectivity index (χ2n) is 4.48. The Morgan fingerprint density at radius 2 is 1.70 bits per heavy atom. The maximum Gasteiger partial charge on any atom is 0.314 e. The molecular formula is C16H15BrN2O4. The third kappa shape index (κ3) is 4.46. The maximum absolute atomic E-state index is 12.0. The highest BCUT2D eigenvalue weighted by Gasteiger charge is 2.16. The van der Waals surface area contributed by atoms with Gasteiger partial charge in [0.2, 0.25) is 0 Å². The molecule has 0 radical (unpaired) electrons. The highest BCUT2D eigenvalue weighted by atomic mass is 79.9. The molecule has 0 saturated carbocycles. The van der Waals surface area contributed by atoms with Crippen molar-refractivity contribution in [3.63, 3.8) is 0 Å². The summed E-state index contributed by atoms with van der Waals surface area (Å²) in [4.78, 5) is 24.0. The highest BCUT2D eigenvalue weighted by molar-refractivity contribution is 9.10. The van der Waals surface area contributed by atoms with Gasteiger partial charge in [-0.25, -0.2) is 0 Å². The standard InChI is InChI=1S/C16H15BrN2O4/c1-22-12-6-7-14(23-2)13(9-12)19-16(21)15(20)18-11-5-3-4-10(17)8-11/h3-9H,1-2H3,(H,18,20)(H,19,21). The minimum atomic E-state index is -0.809. The van der Waals surface area contributed by atoms with Gasteiger partial charge in [-0.2, -0.15) is 0 Å². The van der Waals surface area contributed by atoms with Gasteiger partial charge in [0, 0.05) is 16.2 Å². The average molecular weight is 379 g/mol. The zero-order valence-corrected chi connectivity index (χ0v) is 14.1. The molecule has 0 aliphatic heterocycles. The van der Waals surface area contributed by atoms with Crippen LogP contribution in [0.1, 0.15) is 0 Å². The van der Waals surface area contributed by atoms with Crippen molar-refractivity contribution in [2.24, 2.45) is 0 Å². The van der Waals surface area contributed by atoms with Crippen molar-refractivity contribution in [1.82, 2.24) is 0 Å². The molecule has 2 N–H and O–H groups in total. The molecule has 23 heavy (non-hydrogen) atoms. The molecule has 0 aromatic heterocycles. The Bertz CT molecular complexity index is 734. The second kappa shape index (κ2) is 7.64. The Morgan fingerprint density at radius 3 is 2.35 bits per heavy atom. The van der Waals surface area contributed by atoms with Gasteiger partial charge < -0.3 is 20.1 Å². The number of amides is 2. The molecule has 0 atom stereocenters. The van der Waals surface area contributed by atoms with Crippen molar-refractivity contribution in [1.29, 1.82) is 0 Å². The number of hydrogen-bond donors (Lipinski definition) is 2. The average Bonchev–Trinajstić information content (AvgIpc) is 2.54. The lowest BCUT2D eigenvalue weighted by Gasteiger charge is -2.11. The smallest absolute Gasteiger partial charge is 0.314 e. The summed E-state index contributed by atoms with van der Waals surface area (Å²) in [7, 11) is 2.98. The minimum Gasteiger partial charge on any atom is -0.497 e.